The van der Waals surface area contributed by atoms with Crippen LogP contribution in [0.15, 0.2) is 0 Å². The molecule has 0 aromatic heterocycles. The Bertz CT molecular complexity index is 201. The Balaban J connectivity index is 2.40. The Morgan fingerprint density at radius 2 is 1.69 bits per heavy atom. The molecule has 0 unspecified atom stereocenters. The minimum Gasteiger partial charge on any atom is -0.379 e. The van der Waals surface area contributed by atoms with Crippen LogP contribution in [0, 0.1) is 10.8 Å². The molecule has 0 bridgehead atoms. The van der Waals surface area contributed by atoms with Crippen LogP contribution in [0.25, 0.3) is 0 Å². The van der Waals surface area contributed by atoms with E-state index in [2.05, 4.69) is 27.7 Å². The summed E-state index contributed by atoms with van der Waals surface area (Å²) in [5.41, 5.74) is 6.88. The maximum absolute atomic E-state index is 5.99. The summed E-state index contributed by atoms with van der Waals surface area (Å²) >= 11 is 0. The van der Waals surface area contributed by atoms with E-state index in [0.717, 1.165) is 19.6 Å². The van der Waals surface area contributed by atoms with E-state index < -0.39 is 0 Å². The Kier molecular flexibility index (Phi) is 4.81. The molecule has 0 saturated heterocycles. The third-order valence-corrected chi connectivity index (χ3v) is 4.18. The first kappa shape index (κ1) is 14.0. The molecule has 1 rings (SSSR count). The third-order valence-electron chi connectivity index (χ3n) is 4.18. The highest BCUT2D eigenvalue weighted by Gasteiger charge is 2.36. The van der Waals surface area contributed by atoms with Crippen LogP contribution in [0.2, 0.25) is 0 Å². The molecule has 96 valence electrons. The van der Waals surface area contributed by atoms with Gasteiger partial charge in [0.25, 0.3) is 0 Å². The van der Waals surface area contributed by atoms with Crippen LogP contribution in [0.3, 0.4) is 0 Å². The predicted molar refractivity (Wildman–Crippen MR) is 69.4 cm³/mol. The lowest BCUT2D eigenvalue weighted by molar-refractivity contribution is 0.0264. The fourth-order valence-corrected chi connectivity index (χ4v) is 2.52. The predicted octanol–water partition coefficient (Wildman–Crippen LogP) is 3.35. The number of ether oxygens (including phenoxy) is 1. The van der Waals surface area contributed by atoms with Crippen LogP contribution in [0.1, 0.15) is 59.8 Å². The smallest absolute Gasteiger partial charge is 0.0518 e. The van der Waals surface area contributed by atoms with E-state index in [0.29, 0.717) is 16.9 Å². The van der Waals surface area contributed by atoms with Gasteiger partial charge in [0.05, 0.1) is 6.10 Å². The molecule has 0 aromatic rings. The van der Waals surface area contributed by atoms with Crippen molar-refractivity contribution in [2.75, 3.05) is 13.2 Å². The second-order valence-electron chi connectivity index (χ2n) is 6.54. The highest BCUT2D eigenvalue weighted by atomic mass is 16.5. The molecule has 1 aliphatic rings. The van der Waals surface area contributed by atoms with E-state index in [4.69, 9.17) is 10.5 Å². The van der Waals surface area contributed by atoms with Crippen molar-refractivity contribution in [3.63, 3.8) is 0 Å². The fraction of sp³-hybridized carbons (Fsp3) is 1.00. The van der Waals surface area contributed by atoms with Gasteiger partial charge in [0.1, 0.15) is 0 Å². The average Bonchev–Trinajstić information content (AvgIpc) is 2.21. The second kappa shape index (κ2) is 5.50. The van der Waals surface area contributed by atoms with E-state index in [-0.39, 0.29) is 0 Å². The molecule has 1 fully saturated rings. The van der Waals surface area contributed by atoms with Gasteiger partial charge >= 0.3 is 0 Å². The van der Waals surface area contributed by atoms with Crippen molar-refractivity contribution in [2.24, 2.45) is 16.6 Å². The molecule has 0 aliphatic heterocycles. The van der Waals surface area contributed by atoms with Crippen molar-refractivity contribution in [3.05, 3.63) is 0 Å². The lowest BCUT2D eigenvalue weighted by Gasteiger charge is -2.43. The number of hydrogen-bond donors (Lipinski definition) is 1. The highest BCUT2D eigenvalue weighted by Crippen LogP contribution is 2.46. The van der Waals surface area contributed by atoms with Crippen LogP contribution in [0.5, 0.6) is 0 Å². The zero-order valence-electron chi connectivity index (χ0n) is 11.5. The topological polar surface area (TPSA) is 35.2 Å². The van der Waals surface area contributed by atoms with Crippen molar-refractivity contribution >= 4 is 0 Å². The van der Waals surface area contributed by atoms with Crippen molar-refractivity contribution in [1.82, 2.24) is 0 Å². The molecular weight excluding hydrogens is 198 g/mol. The highest BCUT2D eigenvalue weighted by molar-refractivity contribution is 4.89. The van der Waals surface area contributed by atoms with Gasteiger partial charge in [-0.25, -0.2) is 0 Å². The van der Waals surface area contributed by atoms with Crippen LogP contribution >= 0.6 is 0 Å². The number of hydrogen-bond acceptors (Lipinski definition) is 2. The SMILES string of the molecule is CC(C)OCCC1(CN)CCC(C)(C)CC1. The van der Waals surface area contributed by atoms with Crippen molar-refractivity contribution < 1.29 is 4.74 Å². The van der Waals surface area contributed by atoms with E-state index in [9.17, 15) is 0 Å². The van der Waals surface area contributed by atoms with Gasteiger partial charge in [-0.15, -0.1) is 0 Å². The summed E-state index contributed by atoms with van der Waals surface area (Å²) < 4.78 is 5.67. The molecule has 0 radical (unpaired) electrons. The monoisotopic (exact) mass is 227 g/mol. The first-order chi connectivity index (χ1) is 7.39. The lowest BCUT2D eigenvalue weighted by atomic mass is 9.64. The maximum Gasteiger partial charge on any atom is 0.0518 e. The average molecular weight is 227 g/mol. The molecule has 16 heavy (non-hydrogen) atoms. The van der Waals surface area contributed by atoms with Crippen LogP contribution in [0.4, 0.5) is 0 Å². The van der Waals surface area contributed by atoms with Crippen molar-refractivity contribution in [2.45, 2.75) is 65.9 Å². The standard InChI is InChI=1S/C14H29NO/c1-12(2)16-10-9-14(11-15)7-5-13(3,4)6-8-14/h12H,5-11,15H2,1-4H3. The van der Waals surface area contributed by atoms with E-state index >= 15 is 0 Å². The van der Waals surface area contributed by atoms with Gasteiger partial charge in [0.15, 0.2) is 0 Å². The lowest BCUT2D eigenvalue weighted by Crippen LogP contribution is -2.38. The molecule has 0 aromatic carbocycles. The van der Waals surface area contributed by atoms with E-state index in [1.54, 1.807) is 0 Å². The second-order valence-corrected chi connectivity index (χ2v) is 6.54. The molecule has 0 atom stereocenters. The Morgan fingerprint density at radius 3 is 2.12 bits per heavy atom. The maximum atomic E-state index is 5.99. The summed E-state index contributed by atoms with van der Waals surface area (Å²) in [4.78, 5) is 0. The number of nitrogens with two attached hydrogens (primary N) is 1. The van der Waals surface area contributed by atoms with Gasteiger partial charge in [-0.2, -0.15) is 0 Å². The largest absolute Gasteiger partial charge is 0.379 e. The Hall–Kier alpha value is -0.0800. The van der Waals surface area contributed by atoms with Crippen LogP contribution in [-0.2, 0) is 4.74 Å². The minimum absolute atomic E-state index is 0.342. The molecule has 2 heteroatoms. The number of rotatable bonds is 5. The molecule has 0 spiro atoms. The van der Waals surface area contributed by atoms with Crippen molar-refractivity contribution in [3.8, 4) is 0 Å². The molecule has 0 amide bonds. The first-order valence-corrected chi connectivity index (χ1v) is 6.71. The Morgan fingerprint density at radius 1 is 1.12 bits per heavy atom. The molecule has 0 heterocycles. The summed E-state index contributed by atoms with van der Waals surface area (Å²) in [5.74, 6) is 0. The van der Waals surface area contributed by atoms with Gasteiger partial charge in [-0.3, -0.25) is 0 Å². The van der Waals surface area contributed by atoms with Gasteiger partial charge < -0.3 is 10.5 Å². The molecule has 1 saturated carbocycles. The van der Waals surface area contributed by atoms with Crippen LogP contribution in [-0.4, -0.2) is 19.3 Å². The summed E-state index contributed by atoms with van der Waals surface area (Å²) in [7, 11) is 0. The van der Waals surface area contributed by atoms with Gasteiger partial charge in [0.2, 0.25) is 0 Å². The van der Waals surface area contributed by atoms with Crippen LogP contribution < -0.4 is 5.73 Å². The molecule has 2 nitrogen and oxygen atoms in total. The molecule has 2 N–H and O–H groups in total. The summed E-state index contributed by atoms with van der Waals surface area (Å²) in [5, 5.41) is 0. The fourth-order valence-electron chi connectivity index (χ4n) is 2.52. The first-order valence-electron chi connectivity index (χ1n) is 6.71. The van der Waals surface area contributed by atoms with E-state index in [1.165, 1.54) is 25.7 Å². The zero-order valence-corrected chi connectivity index (χ0v) is 11.5. The normalized spacial score (nSPS) is 23.6. The Labute approximate surface area is 101 Å². The molecule has 1 aliphatic carbocycles. The van der Waals surface area contributed by atoms with Gasteiger partial charge in [-0.1, -0.05) is 13.8 Å². The summed E-state index contributed by atoms with van der Waals surface area (Å²) in [6.45, 7) is 10.6. The molecular formula is C14H29NO. The van der Waals surface area contributed by atoms with Gasteiger partial charge in [0, 0.05) is 6.61 Å². The quantitative estimate of drug-likeness (QED) is 0.781. The summed E-state index contributed by atoms with van der Waals surface area (Å²) in [6, 6.07) is 0. The van der Waals surface area contributed by atoms with Gasteiger partial charge in [-0.05, 0) is 63.3 Å². The minimum atomic E-state index is 0.342. The zero-order chi connectivity index (χ0) is 12.2. The third kappa shape index (κ3) is 4.06. The van der Waals surface area contributed by atoms with E-state index in [1.807, 2.05) is 0 Å². The van der Waals surface area contributed by atoms with Crippen molar-refractivity contribution in [1.29, 1.82) is 0 Å². The summed E-state index contributed by atoms with van der Waals surface area (Å²) in [6.07, 6.45) is 6.65.